The number of rotatable bonds is 6. The van der Waals surface area contributed by atoms with Crippen LogP contribution in [0.3, 0.4) is 0 Å². The van der Waals surface area contributed by atoms with E-state index in [9.17, 15) is 8.42 Å². The topological polar surface area (TPSA) is 59.5 Å². The fourth-order valence-corrected chi connectivity index (χ4v) is 4.52. The van der Waals surface area contributed by atoms with Gasteiger partial charge in [0, 0.05) is 12.8 Å². The molecular weight excluding hydrogens is 336 g/mol. The Morgan fingerprint density at radius 1 is 1.28 bits per heavy atom. The van der Waals surface area contributed by atoms with Crippen molar-refractivity contribution in [2.45, 2.75) is 25.1 Å². The summed E-state index contributed by atoms with van der Waals surface area (Å²) in [6, 6.07) is 12.9. The van der Waals surface area contributed by atoms with Crippen molar-refractivity contribution in [2.75, 3.05) is 17.5 Å². The molecule has 0 radical (unpaired) electrons. The van der Waals surface area contributed by atoms with Crippen molar-refractivity contribution < 1.29 is 13.2 Å². The number of ether oxygens (including phenoxy) is 1. The zero-order valence-corrected chi connectivity index (χ0v) is 15.1. The van der Waals surface area contributed by atoms with E-state index < -0.39 is 15.3 Å². The quantitative estimate of drug-likeness (QED) is 0.795. The summed E-state index contributed by atoms with van der Waals surface area (Å²) >= 11 is 0. The summed E-state index contributed by atoms with van der Waals surface area (Å²) in [6.45, 7) is 6.73. The van der Waals surface area contributed by atoms with Gasteiger partial charge in [0.05, 0.1) is 24.5 Å². The molecule has 1 aromatic carbocycles. The molecule has 1 unspecified atom stereocenters. The van der Waals surface area contributed by atoms with E-state index in [1.165, 1.54) is 4.31 Å². The molecule has 1 fully saturated rings. The Hall–Kier alpha value is -2.18. The minimum Gasteiger partial charge on any atom is -0.380 e. The largest absolute Gasteiger partial charge is 0.380 e. The van der Waals surface area contributed by atoms with Crippen molar-refractivity contribution in [2.24, 2.45) is 0 Å². The van der Waals surface area contributed by atoms with E-state index in [1.54, 1.807) is 18.3 Å². The normalized spacial score (nSPS) is 17.4. The molecule has 0 spiro atoms. The average molecular weight is 358 g/mol. The Balaban J connectivity index is 1.93. The molecule has 25 heavy (non-hydrogen) atoms. The van der Waals surface area contributed by atoms with Gasteiger partial charge in [-0.05, 0) is 42.7 Å². The van der Waals surface area contributed by atoms with Gasteiger partial charge in [0.2, 0.25) is 10.0 Å². The first-order valence-electron chi connectivity index (χ1n) is 8.23. The Morgan fingerprint density at radius 2 is 2.04 bits per heavy atom. The Morgan fingerprint density at radius 3 is 2.60 bits per heavy atom. The van der Waals surface area contributed by atoms with E-state index in [2.05, 4.69) is 11.6 Å². The SMILES string of the molecule is C=C(C)c1ccc(CN(c2ccccc2)S(=O)(=O)C2CCOC2)nc1. The lowest BCUT2D eigenvalue weighted by Crippen LogP contribution is -2.39. The predicted molar refractivity (Wildman–Crippen MR) is 99.7 cm³/mol. The summed E-state index contributed by atoms with van der Waals surface area (Å²) in [5, 5.41) is -0.512. The molecule has 0 amide bonds. The van der Waals surface area contributed by atoms with E-state index >= 15 is 0 Å². The lowest BCUT2D eigenvalue weighted by atomic mass is 10.1. The monoisotopic (exact) mass is 358 g/mol. The fourth-order valence-electron chi connectivity index (χ4n) is 2.77. The number of allylic oxidation sites excluding steroid dienone is 1. The Labute approximate surface area is 149 Å². The van der Waals surface area contributed by atoms with E-state index in [1.807, 2.05) is 37.3 Å². The first-order chi connectivity index (χ1) is 12.0. The summed E-state index contributed by atoms with van der Waals surface area (Å²) in [7, 11) is -3.53. The maximum Gasteiger partial charge on any atom is 0.240 e. The number of sulfonamides is 1. The summed E-state index contributed by atoms with van der Waals surface area (Å²) < 4.78 is 33.0. The molecule has 3 rings (SSSR count). The zero-order chi connectivity index (χ0) is 17.9. The van der Waals surface area contributed by atoms with Gasteiger partial charge in [0.1, 0.15) is 5.25 Å². The van der Waals surface area contributed by atoms with Crippen LogP contribution in [0.2, 0.25) is 0 Å². The van der Waals surface area contributed by atoms with Crippen molar-refractivity contribution in [3.05, 3.63) is 66.5 Å². The second-order valence-corrected chi connectivity index (χ2v) is 8.33. The van der Waals surface area contributed by atoms with Crippen LogP contribution in [0.25, 0.3) is 5.57 Å². The van der Waals surface area contributed by atoms with E-state index in [0.717, 1.165) is 11.1 Å². The van der Waals surface area contributed by atoms with Crippen LogP contribution in [0.15, 0.2) is 55.2 Å². The Bertz CT molecular complexity index is 827. The fraction of sp³-hybridized carbons (Fsp3) is 0.316. The zero-order valence-electron chi connectivity index (χ0n) is 14.3. The molecule has 1 aliphatic heterocycles. The molecule has 2 heterocycles. The van der Waals surface area contributed by atoms with Gasteiger partial charge in [-0.25, -0.2) is 8.42 Å². The summed E-state index contributed by atoms with van der Waals surface area (Å²) in [5.74, 6) is 0. The number of anilines is 1. The minimum atomic E-state index is -3.53. The standard InChI is InChI=1S/C19H22N2O3S/c1-15(2)16-8-9-17(20-12-16)13-21(18-6-4-3-5-7-18)25(22,23)19-10-11-24-14-19/h3-9,12,19H,1,10-11,13-14H2,2H3. The molecular formula is C19H22N2O3S. The van der Waals surface area contributed by atoms with Crippen molar-refractivity contribution in [1.29, 1.82) is 0 Å². The maximum atomic E-state index is 13.1. The molecule has 2 aromatic rings. The number of benzene rings is 1. The third-order valence-electron chi connectivity index (χ3n) is 4.28. The molecule has 1 aromatic heterocycles. The summed E-state index contributed by atoms with van der Waals surface area (Å²) in [5.41, 5.74) is 3.20. The Kier molecular flexibility index (Phi) is 5.20. The van der Waals surface area contributed by atoms with Gasteiger partial charge in [0.25, 0.3) is 0 Å². The highest BCUT2D eigenvalue weighted by Crippen LogP contribution is 2.26. The molecule has 1 aliphatic rings. The highest BCUT2D eigenvalue weighted by molar-refractivity contribution is 7.93. The first kappa shape index (κ1) is 17.6. The molecule has 0 bridgehead atoms. The second-order valence-electron chi connectivity index (χ2n) is 6.19. The molecule has 132 valence electrons. The number of hydrogen-bond acceptors (Lipinski definition) is 4. The van der Waals surface area contributed by atoms with Crippen LogP contribution in [-0.2, 0) is 21.3 Å². The molecule has 5 nitrogen and oxygen atoms in total. The van der Waals surface area contributed by atoms with Gasteiger partial charge in [0.15, 0.2) is 0 Å². The summed E-state index contributed by atoms with van der Waals surface area (Å²) in [6.07, 6.45) is 2.25. The average Bonchev–Trinajstić information content (AvgIpc) is 3.16. The van der Waals surface area contributed by atoms with Crippen molar-refractivity contribution in [3.8, 4) is 0 Å². The molecule has 1 saturated heterocycles. The van der Waals surface area contributed by atoms with E-state index in [4.69, 9.17) is 4.74 Å². The molecule has 1 atom stereocenters. The molecule has 0 aliphatic carbocycles. The third-order valence-corrected chi connectivity index (χ3v) is 6.45. The van der Waals surface area contributed by atoms with Gasteiger partial charge in [-0.3, -0.25) is 9.29 Å². The number of aromatic nitrogens is 1. The van der Waals surface area contributed by atoms with Crippen molar-refractivity contribution in [3.63, 3.8) is 0 Å². The number of para-hydroxylation sites is 1. The number of hydrogen-bond donors (Lipinski definition) is 0. The van der Waals surface area contributed by atoms with Crippen LogP contribution in [0, 0.1) is 0 Å². The van der Waals surface area contributed by atoms with E-state index in [0.29, 0.717) is 24.4 Å². The lowest BCUT2D eigenvalue weighted by molar-refractivity contribution is 0.198. The predicted octanol–water partition coefficient (Wildman–Crippen LogP) is 3.24. The van der Waals surface area contributed by atoms with Crippen LogP contribution in [-0.4, -0.2) is 31.9 Å². The second kappa shape index (κ2) is 7.37. The van der Waals surface area contributed by atoms with Crippen LogP contribution >= 0.6 is 0 Å². The highest BCUT2D eigenvalue weighted by Gasteiger charge is 2.35. The number of pyridine rings is 1. The lowest BCUT2D eigenvalue weighted by Gasteiger charge is -2.27. The molecule has 0 N–H and O–H groups in total. The van der Waals surface area contributed by atoms with Crippen molar-refractivity contribution in [1.82, 2.24) is 4.98 Å². The smallest absolute Gasteiger partial charge is 0.240 e. The summed E-state index contributed by atoms with van der Waals surface area (Å²) in [4.78, 5) is 4.41. The van der Waals surface area contributed by atoms with Crippen LogP contribution in [0.5, 0.6) is 0 Å². The van der Waals surface area contributed by atoms with Crippen molar-refractivity contribution >= 4 is 21.3 Å². The van der Waals surface area contributed by atoms with Gasteiger partial charge < -0.3 is 4.74 Å². The van der Waals surface area contributed by atoms with E-state index in [-0.39, 0.29) is 13.2 Å². The highest BCUT2D eigenvalue weighted by atomic mass is 32.2. The molecule has 6 heteroatoms. The van der Waals surface area contributed by atoms with Crippen LogP contribution < -0.4 is 4.31 Å². The first-order valence-corrected chi connectivity index (χ1v) is 9.74. The minimum absolute atomic E-state index is 0.194. The maximum absolute atomic E-state index is 13.1. The molecule has 0 saturated carbocycles. The number of nitrogens with zero attached hydrogens (tertiary/aromatic N) is 2. The van der Waals surface area contributed by atoms with Gasteiger partial charge >= 0.3 is 0 Å². The van der Waals surface area contributed by atoms with Gasteiger partial charge in [-0.2, -0.15) is 0 Å². The van der Waals surface area contributed by atoms with Gasteiger partial charge in [-0.15, -0.1) is 0 Å². The van der Waals surface area contributed by atoms with Crippen LogP contribution in [0.4, 0.5) is 5.69 Å². The van der Waals surface area contributed by atoms with Gasteiger partial charge in [-0.1, -0.05) is 30.8 Å². The third kappa shape index (κ3) is 3.91. The van der Waals surface area contributed by atoms with Crippen LogP contribution in [0.1, 0.15) is 24.6 Å².